The molecule has 1 atom stereocenters. The predicted molar refractivity (Wildman–Crippen MR) is 78.3 cm³/mol. The molecule has 0 aliphatic carbocycles. The molecule has 1 unspecified atom stereocenters. The first-order chi connectivity index (χ1) is 9.77. The molecule has 1 aromatic rings. The molecule has 1 aliphatic rings. The van der Waals surface area contributed by atoms with Crippen molar-refractivity contribution in [3.8, 4) is 0 Å². The maximum atomic E-state index is 11.9. The second kappa shape index (κ2) is 7.99. The van der Waals surface area contributed by atoms with E-state index in [4.69, 9.17) is 10.5 Å². The van der Waals surface area contributed by atoms with Crippen molar-refractivity contribution in [1.82, 2.24) is 10.2 Å². The number of hydrogen-bond donors (Lipinski definition) is 2. The van der Waals surface area contributed by atoms with Gasteiger partial charge in [-0.15, -0.1) is 0 Å². The van der Waals surface area contributed by atoms with Crippen LogP contribution in [-0.4, -0.2) is 50.2 Å². The molecule has 110 valence electrons. The van der Waals surface area contributed by atoms with E-state index >= 15 is 0 Å². The summed E-state index contributed by atoms with van der Waals surface area (Å²) < 4.78 is 5.30. The van der Waals surface area contributed by atoms with Crippen LogP contribution < -0.4 is 11.1 Å². The van der Waals surface area contributed by atoms with Crippen molar-refractivity contribution in [1.29, 1.82) is 0 Å². The molecular weight excluding hydrogens is 254 g/mol. The molecule has 0 spiro atoms. The van der Waals surface area contributed by atoms with Crippen LogP contribution in [-0.2, 0) is 9.53 Å². The number of rotatable bonds is 6. The zero-order valence-electron chi connectivity index (χ0n) is 11.8. The molecule has 0 radical (unpaired) electrons. The van der Waals surface area contributed by atoms with Gasteiger partial charge in [0.25, 0.3) is 0 Å². The first-order valence-electron chi connectivity index (χ1n) is 7.16. The summed E-state index contributed by atoms with van der Waals surface area (Å²) in [6, 6.07) is 8.85. The fourth-order valence-corrected chi connectivity index (χ4v) is 2.26. The number of nitrogens with two attached hydrogens (primary N) is 1. The Balaban J connectivity index is 1.64. The predicted octanol–water partition coefficient (Wildman–Crippen LogP) is 0.525. The molecule has 1 fully saturated rings. The molecule has 1 amide bonds. The van der Waals surface area contributed by atoms with Crippen LogP contribution in [0.1, 0.15) is 18.0 Å². The minimum absolute atomic E-state index is 0.113. The average molecular weight is 277 g/mol. The highest BCUT2D eigenvalue weighted by Gasteiger charge is 2.15. The Bertz CT molecular complexity index is 405. The molecule has 3 N–H and O–H groups in total. The van der Waals surface area contributed by atoms with Crippen LogP contribution in [0.3, 0.4) is 0 Å². The van der Waals surface area contributed by atoms with Crippen LogP contribution >= 0.6 is 0 Å². The largest absolute Gasteiger partial charge is 0.379 e. The Labute approximate surface area is 120 Å². The first kappa shape index (κ1) is 15.0. The average Bonchev–Trinajstić information content (AvgIpc) is 2.52. The van der Waals surface area contributed by atoms with Gasteiger partial charge in [0, 0.05) is 19.6 Å². The number of morpholine rings is 1. The summed E-state index contributed by atoms with van der Waals surface area (Å²) in [7, 11) is 0. The van der Waals surface area contributed by atoms with E-state index in [0.717, 1.165) is 44.8 Å². The van der Waals surface area contributed by atoms with Crippen molar-refractivity contribution < 1.29 is 9.53 Å². The summed E-state index contributed by atoms with van der Waals surface area (Å²) in [4.78, 5) is 14.3. The second-order valence-corrected chi connectivity index (χ2v) is 4.99. The number of amides is 1. The first-order valence-corrected chi connectivity index (χ1v) is 7.16. The molecule has 1 heterocycles. The van der Waals surface area contributed by atoms with Crippen molar-refractivity contribution in [2.24, 2.45) is 5.73 Å². The topological polar surface area (TPSA) is 67.6 Å². The van der Waals surface area contributed by atoms with Crippen molar-refractivity contribution in [2.75, 3.05) is 39.4 Å². The number of hydrogen-bond acceptors (Lipinski definition) is 4. The van der Waals surface area contributed by atoms with Gasteiger partial charge in [0.2, 0.25) is 5.91 Å². The van der Waals surface area contributed by atoms with Gasteiger partial charge in [0.15, 0.2) is 0 Å². The molecule has 0 aromatic heterocycles. The highest BCUT2D eigenvalue weighted by Crippen LogP contribution is 2.09. The third-order valence-corrected chi connectivity index (χ3v) is 3.50. The van der Waals surface area contributed by atoms with Crippen molar-refractivity contribution in [3.63, 3.8) is 0 Å². The summed E-state index contributed by atoms with van der Waals surface area (Å²) in [6.45, 7) is 5.24. The molecular formula is C15H23N3O2. The van der Waals surface area contributed by atoms with Gasteiger partial charge in [0.1, 0.15) is 6.04 Å². The SMILES string of the molecule is NC(C(=O)NCCCN1CCOCC1)c1ccccc1. The van der Waals surface area contributed by atoms with E-state index < -0.39 is 6.04 Å². The van der Waals surface area contributed by atoms with Crippen molar-refractivity contribution in [2.45, 2.75) is 12.5 Å². The quantitative estimate of drug-likeness (QED) is 0.744. The van der Waals surface area contributed by atoms with Crippen LogP contribution in [0, 0.1) is 0 Å². The molecule has 20 heavy (non-hydrogen) atoms. The Kier molecular flexibility index (Phi) is 5.98. The van der Waals surface area contributed by atoms with Crippen molar-refractivity contribution >= 4 is 5.91 Å². The molecule has 0 bridgehead atoms. The maximum absolute atomic E-state index is 11.9. The molecule has 1 aliphatic heterocycles. The summed E-state index contributed by atoms with van der Waals surface area (Å²) in [5.41, 5.74) is 6.77. The van der Waals surface area contributed by atoms with Gasteiger partial charge in [-0.3, -0.25) is 9.69 Å². The van der Waals surface area contributed by atoms with Gasteiger partial charge in [-0.1, -0.05) is 30.3 Å². The summed E-state index contributed by atoms with van der Waals surface area (Å²) >= 11 is 0. The molecule has 1 aromatic carbocycles. The van der Waals surface area contributed by atoms with Gasteiger partial charge in [-0.25, -0.2) is 0 Å². The number of benzene rings is 1. The lowest BCUT2D eigenvalue weighted by atomic mass is 10.1. The van der Waals surface area contributed by atoms with E-state index in [1.807, 2.05) is 30.3 Å². The van der Waals surface area contributed by atoms with Gasteiger partial charge in [-0.05, 0) is 18.5 Å². The van der Waals surface area contributed by atoms with E-state index in [9.17, 15) is 4.79 Å². The zero-order chi connectivity index (χ0) is 14.2. The molecule has 5 heteroatoms. The number of nitrogens with one attached hydrogen (secondary N) is 1. The van der Waals surface area contributed by atoms with E-state index in [0.29, 0.717) is 6.54 Å². The second-order valence-electron chi connectivity index (χ2n) is 4.99. The van der Waals surface area contributed by atoms with Crippen LogP contribution in [0.5, 0.6) is 0 Å². The fraction of sp³-hybridized carbons (Fsp3) is 0.533. The fourth-order valence-electron chi connectivity index (χ4n) is 2.26. The van der Waals surface area contributed by atoms with Crippen LogP contribution in [0.2, 0.25) is 0 Å². The minimum Gasteiger partial charge on any atom is -0.379 e. The Morgan fingerprint density at radius 1 is 1.30 bits per heavy atom. The highest BCUT2D eigenvalue weighted by atomic mass is 16.5. The van der Waals surface area contributed by atoms with E-state index in [-0.39, 0.29) is 5.91 Å². The zero-order valence-corrected chi connectivity index (χ0v) is 11.8. The molecule has 2 rings (SSSR count). The molecule has 1 saturated heterocycles. The van der Waals surface area contributed by atoms with Crippen LogP contribution in [0.15, 0.2) is 30.3 Å². The van der Waals surface area contributed by atoms with Crippen LogP contribution in [0.25, 0.3) is 0 Å². The van der Waals surface area contributed by atoms with Gasteiger partial charge < -0.3 is 15.8 Å². The van der Waals surface area contributed by atoms with Gasteiger partial charge in [0.05, 0.1) is 13.2 Å². The van der Waals surface area contributed by atoms with Gasteiger partial charge in [-0.2, -0.15) is 0 Å². The highest BCUT2D eigenvalue weighted by molar-refractivity contribution is 5.82. The molecule has 5 nitrogen and oxygen atoms in total. The third kappa shape index (κ3) is 4.59. The smallest absolute Gasteiger partial charge is 0.241 e. The lowest BCUT2D eigenvalue weighted by Gasteiger charge is -2.26. The van der Waals surface area contributed by atoms with E-state index in [1.54, 1.807) is 0 Å². The third-order valence-electron chi connectivity index (χ3n) is 3.50. The summed E-state index contributed by atoms with van der Waals surface area (Å²) in [5.74, 6) is -0.113. The number of carbonyl (C=O) groups is 1. The monoisotopic (exact) mass is 277 g/mol. The van der Waals surface area contributed by atoms with Crippen molar-refractivity contribution in [3.05, 3.63) is 35.9 Å². The lowest BCUT2D eigenvalue weighted by molar-refractivity contribution is -0.122. The Morgan fingerprint density at radius 3 is 2.70 bits per heavy atom. The van der Waals surface area contributed by atoms with E-state index in [1.165, 1.54) is 0 Å². The Hall–Kier alpha value is -1.43. The lowest BCUT2D eigenvalue weighted by Crippen LogP contribution is -2.39. The number of nitrogens with zero attached hydrogens (tertiary/aromatic N) is 1. The van der Waals surface area contributed by atoms with Gasteiger partial charge >= 0.3 is 0 Å². The number of carbonyl (C=O) groups excluding carboxylic acids is 1. The molecule has 0 saturated carbocycles. The Morgan fingerprint density at radius 2 is 2.00 bits per heavy atom. The normalized spacial score (nSPS) is 17.6. The standard InChI is InChI=1S/C15H23N3O2/c16-14(13-5-2-1-3-6-13)15(19)17-7-4-8-18-9-11-20-12-10-18/h1-3,5-6,14H,4,7-12,16H2,(H,17,19). The summed E-state index contributed by atoms with van der Waals surface area (Å²) in [6.07, 6.45) is 0.938. The number of ether oxygens (including phenoxy) is 1. The van der Waals surface area contributed by atoms with E-state index in [2.05, 4.69) is 10.2 Å². The summed E-state index contributed by atoms with van der Waals surface area (Å²) in [5, 5.41) is 2.90. The van der Waals surface area contributed by atoms with Crippen LogP contribution in [0.4, 0.5) is 0 Å². The maximum Gasteiger partial charge on any atom is 0.241 e. The minimum atomic E-state index is -0.584.